The number of methoxy groups -OCH3 is 2. The summed E-state index contributed by atoms with van der Waals surface area (Å²) in [6, 6.07) is 12.5. The van der Waals surface area contributed by atoms with Crippen molar-refractivity contribution in [3.8, 4) is 6.07 Å². The molecule has 1 aromatic rings. The molecular weight excluding hydrogens is 292 g/mol. The molecule has 1 aliphatic heterocycles. The second kappa shape index (κ2) is 8.09. The van der Waals surface area contributed by atoms with Gasteiger partial charge in [0, 0.05) is 25.5 Å². The van der Waals surface area contributed by atoms with E-state index in [4.69, 9.17) is 9.47 Å². The minimum Gasteiger partial charge on any atom is -0.467 e. The zero-order chi connectivity index (χ0) is 16.7. The molecule has 0 aromatic heterocycles. The lowest BCUT2D eigenvalue weighted by atomic mass is 9.71. The Morgan fingerprint density at radius 1 is 1.30 bits per heavy atom. The van der Waals surface area contributed by atoms with Crippen molar-refractivity contribution in [2.45, 2.75) is 31.9 Å². The van der Waals surface area contributed by atoms with Gasteiger partial charge in [0.25, 0.3) is 0 Å². The topological polar surface area (TPSA) is 62.6 Å². The van der Waals surface area contributed by atoms with Crippen molar-refractivity contribution >= 4 is 5.97 Å². The van der Waals surface area contributed by atoms with Gasteiger partial charge >= 0.3 is 5.97 Å². The molecule has 0 bridgehead atoms. The Labute approximate surface area is 137 Å². The smallest absolute Gasteiger partial charge is 0.335 e. The highest BCUT2D eigenvalue weighted by Crippen LogP contribution is 2.40. The van der Waals surface area contributed by atoms with Crippen molar-refractivity contribution in [3.05, 3.63) is 35.9 Å². The molecule has 1 fully saturated rings. The van der Waals surface area contributed by atoms with Gasteiger partial charge in [-0.15, -0.1) is 0 Å². The number of hydrogen-bond donors (Lipinski definition) is 0. The van der Waals surface area contributed by atoms with Gasteiger partial charge in [0.15, 0.2) is 6.10 Å². The molecule has 0 radical (unpaired) electrons. The number of hydrogen-bond acceptors (Lipinski definition) is 5. The quantitative estimate of drug-likeness (QED) is 0.754. The summed E-state index contributed by atoms with van der Waals surface area (Å²) in [5.41, 5.74) is 0.820. The van der Waals surface area contributed by atoms with Crippen LogP contribution in [0.15, 0.2) is 30.3 Å². The number of rotatable bonds is 6. The first-order valence-corrected chi connectivity index (χ1v) is 7.89. The fourth-order valence-corrected chi connectivity index (χ4v) is 3.39. The van der Waals surface area contributed by atoms with Gasteiger partial charge in [-0.05, 0) is 31.5 Å². The summed E-state index contributed by atoms with van der Waals surface area (Å²) < 4.78 is 10.3. The molecule has 1 heterocycles. The molecular formula is C18H24N2O3. The molecule has 1 unspecified atom stereocenters. The molecule has 0 saturated carbocycles. The number of carbonyl (C=O) groups excluding carboxylic acids is 1. The third kappa shape index (κ3) is 4.10. The van der Waals surface area contributed by atoms with Gasteiger partial charge in [0.05, 0.1) is 13.2 Å². The Bertz CT molecular complexity index is 545. The Morgan fingerprint density at radius 3 is 2.48 bits per heavy atom. The number of nitrogens with zero attached hydrogens (tertiary/aromatic N) is 2. The van der Waals surface area contributed by atoms with Crippen LogP contribution in [0.2, 0.25) is 0 Å². The molecule has 0 spiro atoms. The van der Waals surface area contributed by atoms with E-state index in [-0.39, 0.29) is 5.97 Å². The van der Waals surface area contributed by atoms with Crippen LogP contribution >= 0.6 is 0 Å². The van der Waals surface area contributed by atoms with Crippen LogP contribution in [-0.4, -0.2) is 44.3 Å². The average molecular weight is 316 g/mol. The molecule has 5 nitrogen and oxygen atoms in total. The molecule has 2 rings (SSSR count). The number of esters is 1. The Morgan fingerprint density at radius 2 is 1.96 bits per heavy atom. The molecule has 0 amide bonds. The molecule has 1 saturated heterocycles. The molecule has 0 N–H and O–H groups in total. The van der Waals surface area contributed by atoms with Crippen LogP contribution in [0.3, 0.4) is 0 Å². The minimum atomic E-state index is -0.675. The molecule has 23 heavy (non-hydrogen) atoms. The molecule has 1 aromatic carbocycles. The van der Waals surface area contributed by atoms with E-state index in [1.54, 1.807) is 0 Å². The largest absolute Gasteiger partial charge is 0.467 e. The maximum atomic E-state index is 12.0. The lowest BCUT2D eigenvalue weighted by Gasteiger charge is -2.43. The molecule has 124 valence electrons. The van der Waals surface area contributed by atoms with Crippen LogP contribution in [-0.2, 0) is 20.8 Å². The van der Waals surface area contributed by atoms with Crippen LogP contribution in [0.5, 0.6) is 0 Å². The second-order valence-electron chi connectivity index (χ2n) is 6.10. The standard InChI is InChI=1S/C18H24N2O3/c1-22-16(17(21)23-2)18(8-11-19)9-12-20(13-10-18)14-15-6-4-3-5-7-15/h3-7,16H,8-10,12-14H2,1-2H3. The number of likely N-dealkylation sites (tertiary alicyclic amines) is 1. The van der Waals surface area contributed by atoms with E-state index in [2.05, 4.69) is 23.1 Å². The first-order chi connectivity index (χ1) is 11.1. The molecule has 0 aliphatic carbocycles. The van der Waals surface area contributed by atoms with Crippen molar-refractivity contribution in [2.24, 2.45) is 5.41 Å². The van der Waals surface area contributed by atoms with Crippen LogP contribution in [0, 0.1) is 16.7 Å². The van der Waals surface area contributed by atoms with Crippen LogP contribution in [0.25, 0.3) is 0 Å². The maximum absolute atomic E-state index is 12.0. The highest BCUT2D eigenvalue weighted by atomic mass is 16.6. The average Bonchev–Trinajstić information content (AvgIpc) is 2.58. The van der Waals surface area contributed by atoms with E-state index in [9.17, 15) is 10.1 Å². The zero-order valence-electron chi connectivity index (χ0n) is 13.8. The first kappa shape index (κ1) is 17.5. The summed E-state index contributed by atoms with van der Waals surface area (Å²) in [5, 5.41) is 9.21. The number of piperidine rings is 1. The molecule has 1 aliphatic rings. The predicted molar refractivity (Wildman–Crippen MR) is 86.4 cm³/mol. The summed E-state index contributed by atoms with van der Waals surface area (Å²) in [6.45, 7) is 2.57. The minimum absolute atomic E-state index is 0.305. The van der Waals surface area contributed by atoms with Crippen molar-refractivity contribution in [1.29, 1.82) is 5.26 Å². The van der Waals surface area contributed by atoms with Crippen molar-refractivity contribution < 1.29 is 14.3 Å². The lowest BCUT2D eigenvalue weighted by molar-refractivity contribution is -0.164. The van der Waals surface area contributed by atoms with E-state index >= 15 is 0 Å². The molecule has 1 atom stereocenters. The Kier molecular flexibility index (Phi) is 6.14. The Hall–Kier alpha value is -1.90. The van der Waals surface area contributed by atoms with Gasteiger partial charge < -0.3 is 9.47 Å². The monoisotopic (exact) mass is 316 g/mol. The van der Waals surface area contributed by atoms with Gasteiger partial charge in [-0.2, -0.15) is 5.26 Å². The fourth-order valence-electron chi connectivity index (χ4n) is 3.39. The fraction of sp³-hybridized carbons (Fsp3) is 0.556. The highest BCUT2D eigenvalue weighted by Gasteiger charge is 2.46. The number of carbonyl (C=O) groups is 1. The van der Waals surface area contributed by atoms with Crippen LogP contribution < -0.4 is 0 Å². The lowest BCUT2D eigenvalue weighted by Crippen LogP contribution is -2.50. The van der Waals surface area contributed by atoms with E-state index < -0.39 is 11.5 Å². The first-order valence-electron chi connectivity index (χ1n) is 7.89. The normalized spacial score (nSPS) is 18.8. The third-order valence-corrected chi connectivity index (χ3v) is 4.74. The number of benzene rings is 1. The van der Waals surface area contributed by atoms with Crippen LogP contribution in [0.1, 0.15) is 24.8 Å². The van der Waals surface area contributed by atoms with E-state index in [0.717, 1.165) is 32.5 Å². The van der Waals surface area contributed by atoms with Crippen molar-refractivity contribution in [2.75, 3.05) is 27.3 Å². The Balaban J connectivity index is 2.05. The number of ether oxygens (including phenoxy) is 2. The maximum Gasteiger partial charge on any atom is 0.335 e. The van der Waals surface area contributed by atoms with Crippen molar-refractivity contribution in [1.82, 2.24) is 4.90 Å². The molecule has 5 heteroatoms. The van der Waals surface area contributed by atoms with E-state index in [1.807, 2.05) is 18.2 Å². The summed E-state index contributed by atoms with van der Waals surface area (Å²) in [6.07, 6.45) is 1.13. The summed E-state index contributed by atoms with van der Waals surface area (Å²) in [5.74, 6) is -0.390. The van der Waals surface area contributed by atoms with E-state index in [0.29, 0.717) is 6.42 Å². The van der Waals surface area contributed by atoms with Gasteiger partial charge in [0.2, 0.25) is 0 Å². The van der Waals surface area contributed by atoms with Crippen molar-refractivity contribution in [3.63, 3.8) is 0 Å². The highest BCUT2D eigenvalue weighted by molar-refractivity contribution is 5.75. The second-order valence-corrected chi connectivity index (χ2v) is 6.10. The van der Waals surface area contributed by atoms with E-state index in [1.165, 1.54) is 19.8 Å². The van der Waals surface area contributed by atoms with Gasteiger partial charge in [-0.1, -0.05) is 30.3 Å². The SMILES string of the molecule is COC(=O)C(OC)C1(CC#N)CCN(Cc2ccccc2)CC1. The summed E-state index contributed by atoms with van der Waals surface area (Å²) in [7, 11) is 2.87. The van der Waals surface area contributed by atoms with Gasteiger partial charge in [0.1, 0.15) is 0 Å². The summed E-state index contributed by atoms with van der Waals surface area (Å²) >= 11 is 0. The van der Waals surface area contributed by atoms with Gasteiger partial charge in [-0.25, -0.2) is 4.79 Å². The summed E-state index contributed by atoms with van der Waals surface area (Å²) in [4.78, 5) is 14.4. The zero-order valence-corrected chi connectivity index (χ0v) is 13.8. The number of nitriles is 1. The van der Waals surface area contributed by atoms with Crippen LogP contribution in [0.4, 0.5) is 0 Å². The predicted octanol–water partition coefficient (Wildman–Crippen LogP) is 2.37. The third-order valence-electron chi connectivity index (χ3n) is 4.74. The van der Waals surface area contributed by atoms with Gasteiger partial charge in [-0.3, -0.25) is 4.90 Å².